The van der Waals surface area contributed by atoms with Gasteiger partial charge in [0.15, 0.2) is 16.6 Å². The maximum Gasteiger partial charge on any atom is 0.301 e. The standard InChI is InChI=1S/C29H26N2O7S/c1-5-38-18-11-12-19-22(15-18)39-29(30-19)31-24(17-13-20(35-2)27(37-4)21(14-17)36-3)23(26(33)28(31)34)25(32)16-9-7-6-8-10-16/h6-15,24,32H,5H2,1-4H3/t24-/m1/s1. The molecule has 200 valence electrons. The van der Waals surface area contributed by atoms with Gasteiger partial charge < -0.3 is 24.1 Å². The smallest absolute Gasteiger partial charge is 0.301 e. The zero-order chi connectivity index (χ0) is 27.7. The summed E-state index contributed by atoms with van der Waals surface area (Å²) in [6.07, 6.45) is 0. The highest BCUT2D eigenvalue weighted by Gasteiger charge is 2.48. The molecule has 39 heavy (non-hydrogen) atoms. The van der Waals surface area contributed by atoms with E-state index in [4.69, 9.17) is 18.9 Å². The van der Waals surface area contributed by atoms with Crippen LogP contribution in [0.1, 0.15) is 24.1 Å². The third-order valence-corrected chi connectivity index (χ3v) is 7.38. The van der Waals surface area contributed by atoms with E-state index >= 15 is 0 Å². The van der Waals surface area contributed by atoms with Crippen LogP contribution in [0.3, 0.4) is 0 Å². The minimum Gasteiger partial charge on any atom is -0.507 e. The van der Waals surface area contributed by atoms with Gasteiger partial charge in [-0.15, -0.1) is 0 Å². The van der Waals surface area contributed by atoms with E-state index in [1.54, 1.807) is 54.6 Å². The predicted octanol–water partition coefficient (Wildman–Crippen LogP) is 5.35. The van der Waals surface area contributed by atoms with E-state index in [1.807, 2.05) is 13.0 Å². The van der Waals surface area contributed by atoms with Gasteiger partial charge in [0.2, 0.25) is 5.75 Å². The summed E-state index contributed by atoms with van der Waals surface area (Å²) in [7, 11) is 4.44. The number of aromatic nitrogens is 1. The third-order valence-electron chi connectivity index (χ3n) is 6.36. The van der Waals surface area contributed by atoms with Gasteiger partial charge in [-0.2, -0.15) is 0 Å². The first-order valence-corrected chi connectivity index (χ1v) is 12.9. The van der Waals surface area contributed by atoms with E-state index in [9.17, 15) is 14.7 Å². The van der Waals surface area contributed by atoms with Gasteiger partial charge in [0.05, 0.1) is 49.8 Å². The van der Waals surface area contributed by atoms with Crippen molar-refractivity contribution in [3.05, 3.63) is 77.4 Å². The van der Waals surface area contributed by atoms with E-state index in [2.05, 4.69) is 4.98 Å². The monoisotopic (exact) mass is 546 g/mol. The van der Waals surface area contributed by atoms with E-state index in [1.165, 1.54) is 37.6 Å². The summed E-state index contributed by atoms with van der Waals surface area (Å²) in [6, 6.07) is 16.3. The maximum absolute atomic E-state index is 13.6. The van der Waals surface area contributed by atoms with Crippen LogP contribution >= 0.6 is 11.3 Å². The van der Waals surface area contributed by atoms with Gasteiger partial charge in [-0.05, 0) is 42.8 Å². The lowest BCUT2D eigenvalue weighted by Crippen LogP contribution is -2.29. The molecule has 0 unspecified atom stereocenters. The highest BCUT2D eigenvalue weighted by atomic mass is 32.1. The Kier molecular flexibility index (Phi) is 7.12. The quantitative estimate of drug-likeness (QED) is 0.179. The molecule has 0 aliphatic carbocycles. The van der Waals surface area contributed by atoms with Crippen LogP contribution in [0.2, 0.25) is 0 Å². The lowest BCUT2D eigenvalue weighted by atomic mass is 9.95. The van der Waals surface area contributed by atoms with Gasteiger partial charge in [-0.1, -0.05) is 41.7 Å². The lowest BCUT2D eigenvalue weighted by Gasteiger charge is -2.24. The summed E-state index contributed by atoms with van der Waals surface area (Å²) in [6.45, 7) is 2.40. The number of rotatable bonds is 8. The van der Waals surface area contributed by atoms with Crippen molar-refractivity contribution >= 4 is 44.1 Å². The van der Waals surface area contributed by atoms with Crippen LogP contribution in [0.25, 0.3) is 16.0 Å². The molecular formula is C29H26N2O7S. The Morgan fingerprint density at radius 3 is 2.28 bits per heavy atom. The molecule has 10 heteroatoms. The second kappa shape index (κ2) is 10.7. The molecule has 1 fully saturated rings. The second-order valence-corrected chi connectivity index (χ2v) is 9.56. The van der Waals surface area contributed by atoms with Crippen LogP contribution in [0.5, 0.6) is 23.0 Å². The van der Waals surface area contributed by atoms with Gasteiger partial charge in [0.25, 0.3) is 5.78 Å². The number of methoxy groups -OCH3 is 3. The molecule has 0 radical (unpaired) electrons. The lowest BCUT2D eigenvalue weighted by molar-refractivity contribution is -0.132. The van der Waals surface area contributed by atoms with E-state index in [0.29, 0.717) is 51.4 Å². The Labute approximate surface area is 228 Å². The van der Waals surface area contributed by atoms with Crippen LogP contribution in [0.15, 0.2) is 66.2 Å². The molecule has 2 heterocycles. The Balaban J connectivity index is 1.75. The number of aliphatic hydroxyl groups is 1. The highest BCUT2D eigenvalue weighted by Crippen LogP contribution is 2.48. The average molecular weight is 547 g/mol. The molecule has 4 aromatic rings. The van der Waals surface area contributed by atoms with Crippen LogP contribution in [-0.4, -0.2) is 49.7 Å². The summed E-state index contributed by atoms with van der Waals surface area (Å²) in [4.78, 5) is 33.1. The van der Waals surface area contributed by atoms with E-state index < -0.39 is 17.7 Å². The molecule has 1 aliphatic heterocycles. The molecule has 1 N–H and O–H groups in total. The van der Waals surface area contributed by atoms with Gasteiger partial charge in [-0.25, -0.2) is 4.98 Å². The predicted molar refractivity (Wildman–Crippen MR) is 148 cm³/mol. The molecule has 9 nitrogen and oxygen atoms in total. The van der Waals surface area contributed by atoms with Crippen molar-refractivity contribution in [1.29, 1.82) is 0 Å². The highest BCUT2D eigenvalue weighted by molar-refractivity contribution is 7.22. The number of aliphatic hydroxyl groups excluding tert-OH is 1. The Morgan fingerprint density at radius 2 is 1.67 bits per heavy atom. The number of fused-ring (bicyclic) bond motifs is 1. The Morgan fingerprint density at radius 1 is 0.974 bits per heavy atom. The summed E-state index contributed by atoms with van der Waals surface area (Å²) in [5.41, 5.74) is 1.44. The van der Waals surface area contributed by atoms with Crippen molar-refractivity contribution in [3.8, 4) is 23.0 Å². The number of carbonyl (C=O) groups is 2. The van der Waals surface area contributed by atoms with Gasteiger partial charge in [-0.3, -0.25) is 14.5 Å². The molecule has 1 saturated heterocycles. The average Bonchev–Trinajstić information content (AvgIpc) is 3.49. The third kappa shape index (κ3) is 4.52. The number of benzene rings is 3. The molecule has 1 atom stereocenters. The van der Waals surface area contributed by atoms with Crippen molar-refractivity contribution in [2.24, 2.45) is 0 Å². The van der Waals surface area contributed by atoms with Crippen LogP contribution in [0, 0.1) is 0 Å². The molecule has 1 amide bonds. The fraction of sp³-hybridized carbons (Fsp3) is 0.207. The van der Waals surface area contributed by atoms with Crippen LogP contribution < -0.4 is 23.8 Å². The number of ketones is 1. The summed E-state index contributed by atoms with van der Waals surface area (Å²) in [5, 5.41) is 11.7. The molecule has 0 saturated carbocycles. The molecular weight excluding hydrogens is 520 g/mol. The normalized spacial score (nSPS) is 16.5. The van der Waals surface area contributed by atoms with E-state index in [0.717, 1.165) is 4.70 Å². The van der Waals surface area contributed by atoms with Crippen LogP contribution in [-0.2, 0) is 9.59 Å². The topological polar surface area (TPSA) is 107 Å². The van der Waals surface area contributed by atoms with Gasteiger partial charge in [0, 0.05) is 5.56 Å². The largest absolute Gasteiger partial charge is 0.507 e. The minimum absolute atomic E-state index is 0.0743. The summed E-state index contributed by atoms with van der Waals surface area (Å²) < 4.78 is 22.9. The number of Topliss-reactive ketones (excluding diaryl/α,β-unsaturated/α-hetero) is 1. The Hall–Kier alpha value is -4.57. The first kappa shape index (κ1) is 26.1. The molecule has 0 spiro atoms. The van der Waals surface area contributed by atoms with Crippen molar-refractivity contribution in [2.75, 3.05) is 32.8 Å². The van der Waals surface area contributed by atoms with Crippen molar-refractivity contribution in [1.82, 2.24) is 4.98 Å². The van der Waals surface area contributed by atoms with Crippen molar-refractivity contribution in [2.45, 2.75) is 13.0 Å². The number of hydrogen-bond acceptors (Lipinski definition) is 9. The fourth-order valence-corrected chi connectivity index (χ4v) is 5.63. The molecule has 1 aromatic heterocycles. The number of carbonyl (C=O) groups excluding carboxylic acids is 2. The summed E-state index contributed by atoms with van der Waals surface area (Å²) in [5.74, 6) is -0.236. The van der Waals surface area contributed by atoms with Crippen molar-refractivity contribution in [3.63, 3.8) is 0 Å². The number of thiazole rings is 1. The minimum atomic E-state index is -1.02. The molecule has 1 aliphatic rings. The SMILES string of the molecule is CCOc1ccc2nc(N3C(=O)C(=O)C(=C(O)c4ccccc4)[C@H]3c3cc(OC)c(OC)c(OC)c3)sc2c1. The number of ether oxygens (including phenoxy) is 4. The maximum atomic E-state index is 13.6. The first-order valence-electron chi connectivity index (χ1n) is 12.1. The number of nitrogens with zero attached hydrogens (tertiary/aromatic N) is 2. The second-order valence-electron chi connectivity index (χ2n) is 8.55. The number of hydrogen-bond donors (Lipinski definition) is 1. The number of amides is 1. The summed E-state index contributed by atoms with van der Waals surface area (Å²) >= 11 is 1.25. The van der Waals surface area contributed by atoms with Gasteiger partial charge in [0.1, 0.15) is 11.5 Å². The van der Waals surface area contributed by atoms with E-state index in [-0.39, 0.29) is 11.3 Å². The fourth-order valence-electron chi connectivity index (χ4n) is 4.61. The Bertz CT molecular complexity index is 1570. The first-order chi connectivity index (χ1) is 18.9. The zero-order valence-corrected chi connectivity index (χ0v) is 22.6. The van der Waals surface area contributed by atoms with Gasteiger partial charge >= 0.3 is 5.91 Å². The molecule has 0 bridgehead atoms. The number of anilines is 1. The molecule has 3 aromatic carbocycles. The zero-order valence-electron chi connectivity index (χ0n) is 21.8. The van der Waals surface area contributed by atoms with Crippen LogP contribution in [0.4, 0.5) is 5.13 Å². The van der Waals surface area contributed by atoms with Crippen molar-refractivity contribution < 1.29 is 33.6 Å². The molecule has 5 rings (SSSR count).